The number of rotatable bonds is 3. The Hall–Kier alpha value is -8.78. The molecule has 0 bridgehead atoms. The first kappa shape index (κ1) is 37.3. The molecule has 1 heteroatoms. The summed E-state index contributed by atoms with van der Waals surface area (Å²) in [5.41, 5.74) is 23.6. The SMILES string of the molecule is c1ccc2c(c1)-c1ccccc1C21c2ccccc2-c2ccc(N(c3cccc4c3-c3ccccc3C43c4ccccc4-c4ccccc43)c3cccc4c5ccccc5c5ccccc5c34)cc21. The first-order valence-corrected chi connectivity index (χ1v) is 24.3. The molecule has 0 saturated heterocycles. The van der Waals surface area contributed by atoms with E-state index in [0.717, 1.165) is 11.4 Å². The molecular weight excluding hydrogens is 831 g/mol. The monoisotopic (exact) mass is 871 g/mol. The lowest BCUT2D eigenvalue weighted by molar-refractivity contribution is 0.793. The lowest BCUT2D eigenvalue weighted by Gasteiger charge is -2.34. The van der Waals surface area contributed by atoms with Gasteiger partial charge >= 0.3 is 0 Å². The molecule has 0 N–H and O–H groups in total. The first-order valence-electron chi connectivity index (χ1n) is 24.3. The van der Waals surface area contributed by atoms with Crippen molar-refractivity contribution in [3.05, 3.63) is 293 Å². The molecule has 0 atom stereocenters. The molecule has 0 radical (unpaired) electrons. The van der Waals surface area contributed by atoms with E-state index in [1.165, 1.54) is 127 Å². The summed E-state index contributed by atoms with van der Waals surface area (Å²) in [6.45, 7) is 0. The van der Waals surface area contributed by atoms with Crippen molar-refractivity contribution >= 4 is 49.4 Å². The molecule has 0 saturated carbocycles. The van der Waals surface area contributed by atoms with Gasteiger partial charge in [-0.05, 0) is 135 Å². The zero-order valence-corrected chi connectivity index (χ0v) is 37.6. The maximum atomic E-state index is 2.63. The highest BCUT2D eigenvalue weighted by Gasteiger charge is 2.54. The predicted molar refractivity (Wildman–Crippen MR) is 286 cm³/mol. The van der Waals surface area contributed by atoms with E-state index in [-0.39, 0.29) is 0 Å². The zero-order chi connectivity index (χ0) is 45.0. The van der Waals surface area contributed by atoms with Crippen molar-refractivity contribution < 1.29 is 0 Å². The van der Waals surface area contributed by atoms with Crippen molar-refractivity contribution in [2.75, 3.05) is 4.90 Å². The van der Waals surface area contributed by atoms with Crippen LogP contribution in [0.3, 0.4) is 0 Å². The Morgan fingerprint density at radius 1 is 0.232 bits per heavy atom. The molecule has 16 rings (SSSR count). The Bertz CT molecular complexity index is 4070. The van der Waals surface area contributed by atoms with Gasteiger partial charge in [-0.25, -0.2) is 0 Å². The normalized spacial score (nSPS) is 14.3. The average Bonchev–Trinajstić information content (AvgIpc) is 4.10. The lowest BCUT2D eigenvalue weighted by Crippen LogP contribution is -2.26. The molecule has 4 aliphatic carbocycles. The van der Waals surface area contributed by atoms with Crippen molar-refractivity contribution in [3.63, 3.8) is 0 Å². The van der Waals surface area contributed by atoms with Crippen LogP contribution in [0.1, 0.15) is 44.5 Å². The third-order valence-electron chi connectivity index (χ3n) is 16.5. The van der Waals surface area contributed by atoms with E-state index in [0.29, 0.717) is 0 Å². The van der Waals surface area contributed by atoms with Crippen LogP contribution < -0.4 is 4.90 Å². The summed E-state index contributed by atoms with van der Waals surface area (Å²) in [6.07, 6.45) is 0. The highest BCUT2D eigenvalue weighted by Crippen LogP contribution is 2.66. The van der Waals surface area contributed by atoms with Gasteiger partial charge in [-0.1, -0.05) is 224 Å². The van der Waals surface area contributed by atoms with Gasteiger partial charge in [0.1, 0.15) is 0 Å². The summed E-state index contributed by atoms with van der Waals surface area (Å²) < 4.78 is 0. The number of hydrogen-bond acceptors (Lipinski definition) is 1. The fraction of sp³-hybridized carbons (Fsp3) is 0.0294. The molecule has 0 unspecified atom stereocenters. The quantitative estimate of drug-likeness (QED) is 0.160. The highest BCUT2D eigenvalue weighted by atomic mass is 15.1. The fourth-order valence-corrected chi connectivity index (χ4v) is 14.1. The van der Waals surface area contributed by atoms with Crippen molar-refractivity contribution in [1.82, 2.24) is 0 Å². The lowest BCUT2D eigenvalue weighted by atomic mass is 9.70. The second-order valence-electron chi connectivity index (χ2n) is 19.3. The van der Waals surface area contributed by atoms with Gasteiger partial charge in [0.2, 0.25) is 0 Å². The summed E-state index contributed by atoms with van der Waals surface area (Å²) in [7, 11) is 0. The Labute approximate surface area is 400 Å². The number of nitrogens with zero attached hydrogens (tertiary/aromatic N) is 1. The molecule has 1 nitrogen and oxygen atoms in total. The van der Waals surface area contributed by atoms with Crippen LogP contribution in [0.2, 0.25) is 0 Å². The van der Waals surface area contributed by atoms with Crippen LogP contribution in [0.5, 0.6) is 0 Å². The van der Waals surface area contributed by atoms with Gasteiger partial charge in [-0.2, -0.15) is 0 Å². The van der Waals surface area contributed by atoms with Gasteiger partial charge in [0.05, 0.1) is 22.2 Å². The van der Waals surface area contributed by atoms with Gasteiger partial charge in [0.15, 0.2) is 0 Å². The van der Waals surface area contributed by atoms with Crippen molar-refractivity contribution in [1.29, 1.82) is 0 Å². The summed E-state index contributed by atoms with van der Waals surface area (Å²) in [5, 5.41) is 7.54. The first-order chi connectivity index (χ1) is 34.3. The van der Waals surface area contributed by atoms with Crippen LogP contribution >= 0.6 is 0 Å². The van der Waals surface area contributed by atoms with E-state index in [1.807, 2.05) is 0 Å². The summed E-state index contributed by atoms with van der Waals surface area (Å²) in [4.78, 5) is 2.63. The molecule has 12 aromatic rings. The van der Waals surface area contributed by atoms with Crippen molar-refractivity contribution in [3.8, 4) is 44.5 Å². The molecule has 0 aliphatic heterocycles. The van der Waals surface area contributed by atoms with E-state index < -0.39 is 10.8 Å². The van der Waals surface area contributed by atoms with Crippen molar-refractivity contribution in [2.24, 2.45) is 0 Å². The van der Waals surface area contributed by atoms with Gasteiger partial charge in [-0.3, -0.25) is 0 Å². The third-order valence-corrected chi connectivity index (χ3v) is 16.5. The molecular formula is C68H41N. The van der Waals surface area contributed by atoms with Gasteiger partial charge < -0.3 is 4.90 Å². The van der Waals surface area contributed by atoms with Gasteiger partial charge in [-0.15, -0.1) is 0 Å². The summed E-state index contributed by atoms with van der Waals surface area (Å²) in [5.74, 6) is 0. The van der Waals surface area contributed by atoms with E-state index in [1.54, 1.807) is 0 Å². The average molecular weight is 872 g/mol. The Balaban J connectivity index is 1.06. The standard InChI is InChI=1S/C68H41N/c1-2-20-45-43(19-1)44-21-3-4-27-52(44)65-53(45)29-17-37-63(65)69(42-39-40-51-50-26-9-15-34-59(50)68(62(51)41-42)57-32-13-7-24-48(57)49-25-8-14-33-58(49)68)64-38-18-36-61-66(64)54-28-10-16-35-60(54)67(61)55-30-11-5-22-46(55)47-23-6-12-31-56(47)67/h1-41H. The topological polar surface area (TPSA) is 3.24 Å². The molecule has 0 amide bonds. The smallest absolute Gasteiger partial charge is 0.0726 e. The van der Waals surface area contributed by atoms with Crippen LogP contribution in [-0.4, -0.2) is 0 Å². The second kappa shape index (κ2) is 13.4. The van der Waals surface area contributed by atoms with E-state index in [2.05, 4.69) is 254 Å². The maximum Gasteiger partial charge on any atom is 0.0726 e. The second-order valence-corrected chi connectivity index (χ2v) is 19.3. The van der Waals surface area contributed by atoms with Crippen LogP contribution in [0.15, 0.2) is 249 Å². The van der Waals surface area contributed by atoms with Crippen LogP contribution in [-0.2, 0) is 10.8 Å². The molecule has 0 heterocycles. The number of benzene rings is 12. The molecule has 4 aliphatic rings. The minimum absolute atomic E-state index is 0.483. The van der Waals surface area contributed by atoms with Gasteiger partial charge in [0, 0.05) is 16.6 Å². The summed E-state index contributed by atoms with van der Waals surface area (Å²) >= 11 is 0. The Morgan fingerprint density at radius 2 is 0.565 bits per heavy atom. The Kier molecular flexibility index (Phi) is 7.27. The number of fused-ring (bicyclic) bond motifs is 26. The molecule has 0 fully saturated rings. The van der Waals surface area contributed by atoms with E-state index >= 15 is 0 Å². The largest absolute Gasteiger partial charge is 0.309 e. The number of hydrogen-bond donors (Lipinski definition) is 0. The molecule has 12 aromatic carbocycles. The van der Waals surface area contributed by atoms with Gasteiger partial charge in [0.25, 0.3) is 0 Å². The molecule has 69 heavy (non-hydrogen) atoms. The summed E-state index contributed by atoms with van der Waals surface area (Å²) in [6, 6.07) is 94.4. The fourth-order valence-electron chi connectivity index (χ4n) is 14.1. The highest BCUT2D eigenvalue weighted by molar-refractivity contribution is 6.29. The predicted octanol–water partition coefficient (Wildman–Crippen LogP) is 17.3. The van der Waals surface area contributed by atoms with Crippen LogP contribution in [0.25, 0.3) is 76.8 Å². The Morgan fingerprint density at radius 3 is 1.07 bits per heavy atom. The van der Waals surface area contributed by atoms with E-state index in [9.17, 15) is 0 Å². The molecule has 2 spiro atoms. The molecule has 318 valence electrons. The number of anilines is 3. The third kappa shape index (κ3) is 4.47. The van der Waals surface area contributed by atoms with Crippen molar-refractivity contribution in [2.45, 2.75) is 10.8 Å². The maximum absolute atomic E-state index is 2.63. The minimum atomic E-state index is -0.491. The minimum Gasteiger partial charge on any atom is -0.309 e. The zero-order valence-electron chi connectivity index (χ0n) is 37.6. The van der Waals surface area contributed by atoms with Crippen LogP contribution in [0.4, 0.5) is 17.1 Å². The van der Waals surface area contributed by atoms with Crippen LogP contribution in [0, 0.1) is 0 Å². The van der Waals surface area contributed by atoms with E-state index in [4.69, 9.17) is 0 Å². The molecule has 0 aromatic heterocycles.